The second-order valence-electron chi connectivity index (χ2n) is 5.39. The molecule has 4 nitrogen and oxygen atoms in total. The van der Waals surface area contributed by atoms with Gasteiger partial charge in [0.15, 0.2) is 0 Å². The maximum Gasteiger partial charge on any atom is 0.245 e. The molecule has 0 heterocycles. The molecule has 120 valence electrons. The average Bonchev–Trinajstić information content (AvgIpc) is 2.50. The van der Waals surface area contributed by atoms with Gasteiger partial charge < -0.3 is 5.32 Å². The Morgan fingerprint density at radius 3 is 2.43 bits per heavy atom. The molecule has 1 unspecified atom stereocenters. The highest BCUT2D eigenvalue weighted by molar-refractivity contribution is 7.89. The molecule has 21 heavy (non-hydrogen) atoms. The van der Waals surface area contributed by atoms with E-state index < -0.39 is 10.0 Å². The number of rotatable bonds is 9. The van der Waals surface area contributed by atoms with Gasteiger partial charge in [-0.05, 0) is 24.5 Å². The summed E-state index contributed by atoms with van der Waals surface area (Å²) in [5.41, 5.74) is 0.696. The summed E-state index contributed by atoms with van der Waals surface area (Å²) in [6.07, 6.45) is 1.93. The van der Waals surface area contributed by atoms with E-state index in [9.17, 15) is 8.42 Å². The van der Waals surface area contributed by atoms with Crippen LogP contribution in [0.25, 0.3) is 0 Å². The summed E-state index contributed by atoms with van der Waals surface area (Å²) >= 11 is 0. The number of nitrogens with one attached hydrogen (secondary N) is 1. The molecule has 1 atom stereocenters. The molecule has 0 aliphatic heterocycles. The van der Waals surface area contributed by atoms with E-state index in [1.165, 1.54) is 0 Å². The second kappa shape index (κ2) is 8.39. The third-order valence-corrected chi connectivity index (χ3v) is 5.63. The van der Waals surface area contributed by atoms with Gasteiger partial charge in [-0.2, -0.15) is 4.31 Å². The number of benzene rings is 1. The van der Waals surface area contributed by atoms with Gasteiger partial charge in [0.25, 0.3) is 0 Å². The van der Waals surface area contributed by atoms with Crippen molar-refractivity contribution in [2.24, 2.45) is 5.92 Å². The van der Waals surface area contributed by atoms with Crippen molar-refractivity contribution < 1.29 is 8.42 Å². The zero-order chi connectivity index (χ0) is 15.9. The van der Waals surface area contributed by atoms with Crippen molar-refractivity contribution in [1.82, 2.24) is 4.31 Å². The SMILES string of the molecule is CCCNc1ccccc1S(=O)(=O)N(CC)CC(C)CC. The van der Waals surface area contributed by atoms with Crippen LogP contribution in [0.2, 0.25) is 0 Å². The van der Waals surface area contributed by atoms with Crippen LogP contribution >= 0.6 is 0 Å². The number of hydrogen-bond donors (Lipinski definition) is 1. The Labute approximate surface area is 129 Å². The Hall–Kier alpha value is -1.07. The highest BCUT2D eigenvalue weighted by Crippen LogP contribution is 2.25. The monoisotopic (exact) mass is 312 g/mol. The Balaban J connectivity index is 3.10. The van der Waals surface area contributed by atoms with E-state index in [2.05, 4.69) is 26.1 Å². The van der Waals surface area contributed by atoms with Gasteiger partial charge in [0, 0.05) is 19.6 Å². The smallest absolute Gasteiger partial charge is 0.245 e. The molecular formula is C16H28N2O2S. The predicted octanol–water partition coefficient (Wildman–Crippen LogP) is 3.57. The molecule has 5 heteroatoms. The molecule has 0 saturated carbocycles. The molecule has 0 radical (unpaired) electrons. The van der Waals surface area contributed by atoms with Crippen LogP contribution in [-0.2, 0) is 10.0 Å². The molecule has 0 amide bonds. The topological polar surface area (TPSA) is 49.4 Å². The highest BCUT2D eigenvalue weighted by Gasteiger charge is 2.26. The molecule has 1 aromatic rings. The van der Waals surface area contributed by atoms with Crippen molar-refractivity contribution in [3.8, 4) is 0 Å². The molecule has 0 saturated heterocycles. The molecule has 1 aromatic carbocycles. The summed E-state index contributed by atoms with van der Waals surface area (Å²) < 4.78 is 27.3. The highest BCUT2D eigenvalue weighted by atomic mass is 32.2. The van der Waals surface area contributed by atoms with Crippen LogP contribution < -0.4 is 5.32 Å². The van der Waals surface area contributed by atoms with Gasteiger partial charge in [-0.25, -0.2) is 8.42 Å². The van der Waals surface area contributed by atoms with Crippen LogP contribution in [0.5, 0.6) is 0 Å². The van der Waals surface area contributed by atoms with Gasteiger partial charge in [-0.3, -0.25) is 0 Å². The van der Waals surface area contributed by atoms with Gasteiger partial charge in [0.1, 0.15) is 4.90 Å². The zero-order valence-electron chi connectivity index (χ0n) is 13.6. The van der Waals surface area contributed by atoms with E-state index in [1.54, 1.807) is 16.4 Å². The van der Waals surface area contributed by atoms with Gasteiger partial charge in [-0.15, -0.1) is 0 Å². The molecule has 0 aromatic heterocycles. The van der Waals surface area contributed by atoms with Crippen LogP contribution in [0.1, 0.15) is 40.5 Å². The van der Waals surface area contributed by atoms with E-state index >= 15 is 0 Å². The first kappa shape index (κ1) is 18.0. The van der Waals surface area contributed by atoms with E-state index in [0.717, 1.165) is 19.4 Å². The van der Waals surface area contributed by atoms with Crippen LogP contribution in [-0.4, -0.2) is 32.4 Å². The normalized spacial score (nSPS) is 13.4. The summed E-state index contributed by atoms with van der Waals surface area (Å²) in [5.74, 6) is 0.357. The quantitative estimate of drug-likeness (QED) is 0.758. The minimum Gasteiger partial charge on any atom is -0.384 e. The third-order valence-electron chi connectivity index (χ3n) is 3.64. The lowest BCUT2D eigenvalue weighted by atomic mass is 10.1. The molecule has 0 aliphatic carbocycles. The Morgan fingerprint density at radius 1 is 1.19 bits per heavy atom. The number of sulfonamides is 1. The Morgan fingerprint density at radius 2 is 1.86 bits per heavy atom. The first-order valence-electron chi connectivity index (χ1n) is 7.80. The van der Waals surface area contributed by atoms with Crippen molar-refractivity contribution >= 4 is 15.7 Å². The minimum atomic E-state index is -3.45. The second-order valence-corrected chi connectivity index (χ2v) is 7.30. The predicted molar refractivity (Wildman–Crippen MR) is 89.1 cm³/mol. The van der Waals surface area contributed by atoms with Gasteiger partial charge in [-0.1, -0.05) is 46.2 Å². The Kier molecular flexibility index (Phi) is 7.18. The van der Waals surface area contributed by atoms with Crippen molar-refractivity contribution in [1.29, 1.82) is 0 Å². The van der Waals surface area contributed by atoms with E-state index in [1.807, 2.05) is 19.1 Å². The minimum absolute atomic E-state index is 0.357. The van der Waals surface area contributed by atoms with Crippen LogP contribution in [0.3, 0.4) is 0 Å². The van der Waals surface area contributed by atoms with Crippen molar-refractivity contribution in [2.75, 3.05) is 25.0 Å². The zero-order valence-corrected chi connectivity index (χ0v) is 14.4. The van der Waals surface area contributed by atoms with Crippen LogP contribution in [0, 0.1) is 5.92 Å². The maximum absolute atomic E-state index is 12.9. The molecular weight excluding hydrogens is 284 g/mol. The van der Waals surface area contributed by atoms with Crippen LogP contribution in [0.4, 0.5) is 5.69 Å². The van der Waals surface area contributed by atoms with E-state index in [0.29, 0.717) is 29.6 Å². The lowest BCUT2D eigenvalue weighted by Gasteiger charge is -2.24. The Bertz CT molecular complexity index is 529. The average molecular weight is 312 g/mol. The van der Waals surface area contributed by atoms with Gasteiger partial charge >= 0.3 is 0 Å². The van der Waals surface area contributed by atoms with Crippen molar-refractivity contribution in [3.63, 3.8) is 0 Å². The molecule has 0 fully saturated rings. The standard InChI is InChI=1S/C16H28N2O2S/c1-5-12-17-15-10-8-9-11-16(15)21(19,20)18(7-3)13-14(4)6-2/h8-11,14,17H,5-7,12-13H2,1-4H3. The third kappa shape index (κ3) is 4.71. The number of hydrogen-bond acceptors (Lipinski definition) is 3. The molecule has 1 N–H and O–H groups in total. The molecule has 0 spiro atoms. The van der Waals surface area contributed by atoms with Crippen molar-refractivity contribution in [3.05, 3.63) is 24.3 Å². The lowest BCUT2D eigenvalue weighted by Crippen LogP contribution is -2.35. The largest absolute Gasteiger partial charge is 0.384 e. The van der Waals surface area contributed by atoms with Gasteiger partial charge in [0.2, 0.25) is 10.0 Å². The van der Waals surface area contributed by atoms with Gasteiger partial charge in [0.05, 0.1) is 5.69 Å². The summed E-state index contributed by atoms with van der Waals surface area (Å²) in [6, 6.07) is 7.16. The number of para-hydroxylation sites is 1. The fourth-order valence-corrected chi connectivity index (χ4v) is 3.85. The maximum atomic E-state index is 12.9. The summed E-state index contributed by atoms with van der Waals surface area (Å²) in [7, 11) is -3.45. The lowest BCUT2D eigenvalue weighted by molar-refractivity contribution is 0.362. The molecule has 0 bridgehead atoms. The fourth-order valence-electron chi connectivity index (χ4n) is 2.11. The summed E-state index contributed by atoms with van der Waals surface area (Å²) in [4.78, 5) is 0.378. The molecule has 0 aliphatic rings. The molecule has 1 rings (SSSR count). The van der Waals surface area contributed by atoms with Crippen molar-refractivity contribution in [2.45, 2.75) is 45.4 Å². The first-order chi connectivity index (χ1) is 9.97. The van der Waals surface area contributed by atoms with Crippen LogP contribution in [0.15, 0.2) is 29.2 Å². The number of anilines is 1. The first-order valence-corrected chi connectivity index (χ1v) is 9.24. The summed E-state index contributed by atoms with van der Waals surface area (Å²) in [6.45, 7) is 9.95. The van der Waals surface area contributed by atoms with E-state index in [4.69, 9.17) is 0 Å². The fraction of sp³-hybridized carbons (Fsp3) is 0.625. The number of nitrogens with zero attached hydrogens (tertiary/aromatic N) is 1. The van der Waals surface area contributed by atoms with E-state index in [-0.39, 0.29) is 0 Å². The summed E-state index contributed by atoms with van der Waals surface area (Å²) in [5, 5.41) is 3.21.